The summed E-state index contributed by atoms with van der Waals surface area (Å²) in [4.78, 5) is 14.2. The number of hydrogen-bond donors (Lipinski definition) is 1. The van der Waals surface area contributed by atoms with Gasteiger partial charge >= 0.3 is 0 Å². The van der Waals surface area contributed by atoms with Gasteiger partial charge in [-0.1, -0.05) is 19.3 Å². The second-order valence-electron chi connectivity index (χ2n) is 5.35. The number of nitrogens with zero attached hydrogens (tertiary/aromatic N) is 1. The summed E-state index contributed by atoms with van der Waals surface area (Å²) in [5.74, 6) is 1.06. The molecule has 17 heavy (non-hydrogen) atoms. The Morgan fingerprint density at radius 3 is 2.65 bits per heavy atom. The molecule has 0 bridgehead atoms. The van der Waals surface area contributed by atoms with Gasteiger partial charge < -0.3 is 10.2 Å². The Balaban J connectivity index is 0.00000144. The van der Waals surface area contributed by atoms with Crippen LogP contribution in [-0.2, 0) is 4.79 Å². The first-order valence-electron chi connectivity index (χ1n) is 6.77. The fraction of sp³-hybridized carbons (Fsp3) is 0.923. The highest BCUT2D eigenvalue weighted by molar-refractivity contribution is 5.85. The molecular weight excluding hydrogens is 236 g/mol. The lowest BCUT2D eigenvalue weighted by Gasteiger charge is -2.35. The molecule has 1 unspecified atom stereocenters. The van der Waals surface area contributed by atoms with Crippen molar-refractivity contribution in [2.24, 2.45) is 5.92 Å². The number of carbonyl (C=O) groups is 1. The molecule has 0 spiro atoms. The van der Waals surface area contributed by atoms with Gasteiger partial charge in [0.1, 0.15) is 0 Å². The maximum Gasteiger partial charge on any atom is 0.223 e. The Morgan fingerprint density at radius 2 is 2.00 bits per heavy atom. The van der Waals surface area contributed by atoms with Gasteiger partial charge in [-0.25, -0.2) is 0 Å². The monoisotopic (exact) mass is 260 g/mol. The van der Waals surface area contributed by atoms with E-state index in [4.69, 9.17) is 0 Å². The van der Waals surface area contributed by atoms with Crippen molar-refractivity contribution in [2.75, 3.05) is 19.6 Å². The van der Waals surface area contributed by atoms with Crippen molar-refractivity contribution in [3.8, 4) is 0 Å². The highest BCUT2D eigenvalue weighted by Crippen LogP contribution is 2.27. The Labute approximate surface area is 111 Å². The third-order valence-corrected chi connectivity index (χ3v) is 4.01. The van der Waals surface area contributed by atoms with Crippen LogP contribution in [0, 0.1) is 5.92 Å². The minimum Gasteiger partial charge on any atom is -0.337 e. The average molecular weight is 261 g/mol. The van der Waals surface area contributed by atoms with Gasteiger partial charge in [-0.15, -0.1) is 12.4 Å². The second-order valence-corrected chi connectivity index (χ2v) is 5.35. The molecule has 0 aromatic carbocycles. The SMILES string of the molecule is CC1CNCCN1C(=O)CC1CCCCC1.Cl. The minimum absolute atomic E-state index is 0. The van der Waals surface area contributed by atoms with Crippen molar-refractivity contribution in [1.29, 1.82) is 0 Å². The van der Waals surface area contributed by atoms with Crippen molar-refractivity contribution >= 4 is 18.3 Å². The van der Waals surface area contributed by atoms with Gasteiger partial charge in [0.05, 0.1) is 0 Å². The van der Waals surface area contributed by atoms with E-state index in [0.717, 1.165) is 26.1 Å². The number of piperazine rings is 1. The molecule has 0 aromatic heterocycles. The van der Waals surface area contributed by atoms with E-state index in [2.05, 4.69) is 17.1 Å². The van der Waals surface area contributed by atoms with Crippen LogP contribution in [0.3, 0.4) is 0 Å². The van der Waals surface area contributed by atoms with Crippen LogP contribution in [0.1, 0.15) is 45.4 Å². The Bertz CT molecular complexity index is 242. The van der Waals surface area contributed by atoms with Crippen molar-refractivity contribution in [2.45, 2.75) is 51.5 Å². The van der Waals surface area contributed by atoms with E-state index in [0.29, 0.717) is 17.9 Å². The van der Waals surface area contributed by atoms with Crippen molar-refractivity contribution in [3.63, 3.8) is 0 Å². The van der Waals surface area contributed by atoms with Crippen LogP contribution < -0.4 is 5.32 Å². The normalized spacial score (nSPS) is 26.4. The topological polar surface area (TPSA) is 32.3 Å². The molecule has 4 heteroatoms. The van der Waals surface area contributed by atoms with Gasteiger partial charge in [-0.2, -0.15) is 0 Å². The molecule has 1 atom stereocenters. The van der Waals surface area contributed by atoms with Gasteiger partial charge in [-0.3, -0.25) is 4.79 Å². The molecule has 1 aliphatic carbocycles. The van der Waals surface area contributed by atoms with Crippen LogP contribution in [0.2, 0.25) is 0 Å². The molecule has 1 aliphatic heterocycles. The first-order chi connectivity index (χ1) is 7.77. The predicted molar refractivity (Wildman–Crippen MR) is 72.5 cm³/mol. The van der Waals surface area contributed by atoms with Crippen LogP contribution in [0.5, 0.6) is 0 Å². The lowest BCUT2D eigenvalue weighted by molar-refractivity contribution is -0.135. The van der Waals surface area contributed by atoms with E-state index in [1.807, 2.05) is 0 Å². The summed E-state index contributed by atoms with van der Waals surface area (Å²) >= 11 is 0. The molecule has 2 rings (SSSR count). The fourth-order valence-electron chi connectivity index (χ4n) is 2.97. The van der Waals surface area contributed by atoms with E-state index in [1.54, 1.807) is 0 Å². The van der Waals surface area contributed by atoms with Gasteiger partial charge in [0.25, 0.3) is 0 Å². The molecule has 3 nitrogen and oxygen atoms in total. The number of hydrogen-bond acceptors (Lipinski definition) is 2. The smallest absolute Gasteiger partial charge is 0.223 e. The van der Waals surface area contributed by atoms with E-state index < -0.39 is 0 Å². The quantitative estimate of drug-likeness (QED) is 0.826. The number of rotatable bonds is 2. The zero-order valence-electron chi connectivity index (χ0n) is 10.8. The molecular formula is C13H25ClN2O. The third-order valence-electron chi connectivity index (χ3n) is 4.01. The largest absolute Gasteiger partial charge is 0.337 e. The van der Waals surface area contributed by atoms with Crippen LogP contribution >= 0.6 is 12.4 Å². The molecule has 0 aromatic rings. The summed E-state index contributed by atoms with van der Waals surface area (Å²) in [6.07, 6.45) is 7.36. The predicted octanol–water partition coefficient (Wildman–Crippen LogP) is 2.20. The highest BCUT2D eigenvalue weighted by Gasteiger charge is 2.25. The van der Waals surface area contributed by atoms with Gasteiger partial charge in [0, 0.05) is 32.1 Å². The first kappa shape index (κ1) is 14.8. The number of halogens is 1. The Kier molecular flexibility index (Phi) is 6.28. The number of amides is 1. The molecule has 1 N–H and O–H groups in total. The molecule has 1 heterocycles. The summed E-state index contributed by atoms with van der Waals surface area (Å²) in [5.41, 5.74) is 0. The zero-order valence-corrected chi connectivity index (χ0v) is 11.6. The first-order valence-corrected chi connectivity index (χ1v) is 6.77. The maximum atomic E-state index is 12.2. The summed E-state index contributed by atoms with van der Waals surface area (Å²) < 4.78 is 0. The Hall–Kier alpha value is -0.280. The summed E-state index contributed by atoms with van der Waals surface area (Å²) in [5, 5.41) is 3.33. The van der Waals surface area contributed by atoms with Gasteiger partial charge in [0.15, 0.2) is 0 Å². The van der Waals surface area contributed by atoms with Crippen molar-refractivity contribution < 1.29 is 4.79 Å². The molecule has 100 valence electrons. The van der Waals surface area contributed by atoms with Crippen molar-refractivity contribution in [3.05, 3.63) is 0 Å². The second kappa shape index (κ2) is 7.22. The molecule has 1 saturated heterocycles. The summed E-state index contributed by atoms with van der Waals surface area (Å²) in [7, 11) is 0. The fourth-order valence-corrected chi connectivity index (χ4v) is 2.97. The highest BCUT2D eigenvalue weighted by atomic mass is 35.5. The minimum atomic E-state index is 0. The van der Waals surface area contributed by atoms with Crippen molar-refractivity contribution in [1.82, 2.24) is 10.2 Å². The lowest BCUT2D eigenvalue weighted by Crippen LogP contribution is -2.52. The van der Waals surface area contributed by atoms with Crippen LogP contribution in [-0.4, -0.2) is 36.5 Å². The van der Waals surface area contributed by atoms with E-state index in [9.17, 15) is 4.79 Å². The van der Waals surface area contributed by atoms with Crippen LogP contribution in [0.25, 0.3) is 0 Å². The van der Waals surface area contributed by atoms with Gasteiger partial charge in [0.2, 0.25) is 5.91 Å². The Morgan fingerprint density at radius 1 is 1.29 bits per heavy atom. The number of nitrogens with one attached hydrogen (secondary N) is 1. The van der Waals surface area contributed by atoms with Gasteiger partial charge in [-0.05, 0) is 25.7 Å². The number of carbonyl (C=O) groups excluding carboxylic acids is 1. The molecule has 1 saturated carbocycles. The van der Waals surface area contributed by atoms with E-state index in [-0.39, 0.29) is 12.4 Å². The summed E-state index contributed by atoms with van der Waals surface area (Å²) in [6.45, 7) is 4.95. The van der Waals surface area contributed by atoms with E-state index in [1.165, 1.54) is 32.1 Å². The van der Waals surface area contributed by atoms with Crippen LogP contribution in [0.4, 0.5) is 0 Å². The third kappa shape index (κ3) is 4.14. The molecule has 2 fully saturated rings. The lowest BCUT2D eigenvalue weighted by atomic mass is 9.86. The molecule has 2 aliphatic rings. The van der Waals surface area contributed by atoms with Crippen LogP contribution in [0.15, 0.2) is 0 Å². The zero-order chi connectivity index (χ0) is 11.4. The average Bonchev–Trinajstić information content (AvgIpc) is 2.31. The summed E-state index contributed by atoms with van der Waals surface area (Å²) in [6, 6.07) is 0.379. The van der Waals surface area contributed by atoms with E-state index >= 15 is 0 Å². The molecule has 1 amide bonds. The molecule has 0 radical (unpaired) electrons. The standard InChI is InChI=1S/C13H24N2O.ClH/c1-11-10-14-7-8-15(11)13(16)9-12-5-3-2-4-6-12;/h11-12,14H,2-10H2,1H3;1H. The maximum absolute atomic E-state index is 12.2.